The summed E-state index contributed by atoms with van der Waals surface area (Å²) in [5, 5.41) is 14.0. The Morgan fingerprint density at radius 3 is 2.71 bits per heavy atom. The molecule has 28 heavy (non-hydrogen) atoms. The zero-order valence-corrected chi connectivity index (χ0v) is 15.4. The van der Waals surface area contributed by atoms with E-state index in [0.717, 1.165) is 6.07 Å². The van der Waals surface area contributed by atoms with E-state index in [1.807, 2.05) is 0 Å². The van der Waals surface area contributed by atoms with Crippen LogP contribution in [0.5, 0.6) is 0 Å². The molecule has 0 saturated heterocycles. The number of hydrogen-bond acceptors (Lipinski definition) is 6. The Kier molecular flexibility index (Phi) is 5.51. The van der Waals surface area contributed by atoms with Crippen LogP contribution in [-0.2, 0) is 9.53 Å². The minimum absolute atomic E-state index is 0.0575. The van der Waals surface area contributed by atoms with Crippen LogP contribution in [-0.4, -0.2) is 28.4 Å². The molecule has 1 heterocycles. The Bertz CT molecular complexity index is 1100. The lowest BCUT2D eigenvalue weighted by Crippen LogP contribution is -2.21. The molecule has 0 fully saturated rings. The molecule has 0 aliphatic rings. The zero-order valence-electron chi connectivity index (χ0n) is 14.6. The van der Waals surface area contributed by atoms with Gasteiger partial charge in [-0.25, -0.2) is 4.79 Å². The number of rotatable bonds is 5. The normalized spacial score (nSPS) is 10.5. The number of amides is 1. The first-order valence-corrected chi connectivity index (χ1v) is 8.50. The summed E-state index contributed by atoms with van der Waals surface area (Å²) in [6, 6.07) is 12.3. The van der Waals surface area contributed by atoms with Crippen molar-refractivity contribution in [2.24, 2.45) is 0 Å². The van der Waals surface area contributed by atoms with Gasteiger partial charge in [-0.3, -0.25) is 19.9 Å². The van der Waals surface area contributed by atoms with Gasteiger partial charge < -0.3 is 10.1 Å². The molecule has 8 nitrogen and oxygen atoms in total. The fraction of sp³-hybridized carbons (Fsp3) is 0.105. The molecule has 1 aromatic heterocycles. The molecule has 1 N–H and O–H groups in total. The van der Waals surface area contributed by atoms with Crippen molar-refractivity contribution < 1.29 is 19.2 Å². The lowest BCUT2D eigenvalue weighted by molar-refractivity contribution is -0.384. The Balaban J connectivity index is 1.71. The second-order valence-electron chi connectivity index (χ2n) is 5.87. The van der Waals surface area contributed by atoms with Crippen LogP contribution in [0.3, 0.4) is 0 Å². The van der Waals surface area contributed by atoms with Gasteiger partial charge in [0.05, 0.1) is 26.7 Å². The molecule has 0 radical (unpaired) electrons. The van der Waals surface area contributed by atoms with Crippen molar-refractivity contribution in [3.05, 3.63) is 74.9 Å². The Morgan fingerprint density at radius 1 is 1.21 bits per heavy atom. The number of carbonyl (C=O) groups is 2. The van der Waals surface area contributed by atoms with Gasteiger partial charge >= 0.3 is 5.97 Å². The van der Waals surface area contributed by atoms with Crippen LogP contribution >= 0.6 is 11.6 Å². The van der Waals surface area contributed by atoms with E-state index in [9.17, 15) is 19.7 Å². The molecule has 0 aliphatic carbocycles. The lowest BCUT2D eigenvalue weighted by Gasteiger charge is -2.10. The van der Waals surface area contributed by atoms with E-state index in [2.05, 4.69) is 10.3 Å². The van der Waals surface area contributed by atoms with Crippen molar-refractivity contribution in [1.82, 2.24) is 4.98 Å². The molecule has 0 aliphatic heterocycles. The largest absolute Gasteiger partial charge is 0.452 e. The lowest BCUT2D eigenvalue weighted by atomic mass is 10.1. The molecular formula is C19H14ClN3O5. The number of halogens is 1. The van der Waals surface area contributed by atoms with E-state index < -0.39 is 23.4 Å². The van der Waals surface area contributed by atoms with Crippen LogP contribution < -0.4 is 5.32 Å². The van der Waals surface area contributed by atoms with E-state index in [-0.39, 0.29) is 16.4 Å². The Morgan fingerprint density at radius 2 is 1.96 bits per heavy atom. The van der Waals surface area contributed by atoms with Gasteiger partial charge in [-0.15, -0.1) is 0 Å². The van der Waals surface area contributed by atoms with Crippen LogP contribution in [0.4, 0.5) is 11.4 Å². The monoisotopic (exact) mass is 399 g/mol. The maximum atomic E-state index is 12.4. The summed E-state index contributed by atoms with van der Waals surface area (Å²) in [6.45, 7) is 1.17. The second kappa shape index (κ2) is 8.01. The molecular weight excluding hydrogens is 386 g/mol. The van der Waals surface area contributed by atoms with Gasteiger partial charge in [0.2, 0.25) is 0 Å². The average molecular weight is 400 g/mol. The van der Waals surface area contributed by atoms with Crippen molar-refractivity contribution in [2.45, 2.75) is 6.92 Å². The van der Waals surface area contributed by atoms with Gasteiger partial charge in [-0.05, 0) is 25.1 Å². The van der Waals surface area contributed by atoms with Gasteiger partial charge in [0.25, 0.3) is 11.6 Å². The number of carbonyl (C=O) groups excluding carboxylic acids is 2. The molecule has 0 unspecified atom stereocenters. The number of para-hydroxylation sites is 1. The summed E-state index contributed by atoms with van der Waals surface area (Å²) in [4.78, 5) is 39.1. The van der Waals surface area contributed by atoms with Gasteiger partial charge in [0.1, 0.15) is 0 Å². The first-order chi connectivity index (χ1) is 13.3. The van der Waals surface area contributed by atoms with Gasteiger partial charge in [0.15, 0.2) is 6.61 Å². The van der Waals surface area contributed by atoms with Crippen molar-refractivity contribution in [2.75, 3.05) is 11.9 Å². The molecule has 142 valence electrons. The summed E-state index contributed by atoms with van der Waals surface area (Å²) < 4.78 is 5.09. The molecule has 0 bridgehead atoms. The number of aromatic nitrogens is 1. The van der Waals surface area contributed by atoms with Gasteiger partial charge in [-0.2, -0.15) is 0 Å². The van der Waals surface area contributed by atoms with E-state index in [4.69, 9.17) is 16.3 Å². The van der Waals surface area contributed by atoms with Crippen LogP contribution in [0, 0.1) is 17.0 Å². The third-order valence-corrected chi connectivity index (χ3v) is 4.16. The van der Waals surface area contributed by atoms with Crippen LogP contribution in [0.2, 0.25) is 5.02 Å². The fourth-order valence-corrected chi connectivity index (χ4v) is 2.76. The highest BCUT2D eigenvalue weighted by atomic mass is 35.5. The number of fused-ring (bicyclic) bond motifs is 1. The number of nitro benzene ring substituents is 1. The number of non-ortho nitro benzene ring substituents is 1. The fourth-order valence-electron chi connectivity index (χ4n) is 2.59. The van der Waals surface area contributed by atoms with Crippen LogP contribution in [0.25, 0.3) is 10.9 Å². The summed E-state index contributed by atoms with van der Waals surface area (Å²) in [5.41, 5.74) is 1.41. The number of anilines is 1. The molecule has 9 heteroatoms. The van der Waals surface area contributed by atoms with E-state index in [0.29, 0.717) is 22.2 Å². The Hall–Kier alpha value is -3.52. The van der Waals surface area contributed by atoms with Crippen LogP contribution in [0.1, 0.15) is 16.1 Å². The summed E-state index contributed by atoms with van der Waals surface area (Å²) in [6.07, 6.45) is 0. The van der Waals surface area contributed by atoms with Gasteiger partial charge in [-0.1, -0.05) is 29.8 Å². The number of nitro groups is 1. The zero-order chi connectivity index (χ0) is 20.3. The number of hydrogen-bond donors (Lipinski definition) is 1. The molecule has 0 saturated carbocycles. The summed E-state index contributed by atoms with van der Waals surface area (Å²) >= 11 is 5.93. The highest BCUT2D eigenvalue weighted by Crippen LogP contribution is 2.26. The smallest absolute Gasteiger partial charge is 0.339 e. The van der Waals surface area contributed by atoms with Crippen molar-refractivity contribution in [1.29, 1.82) is 0 Å². The highest BCUT2D eigenvalue weighted by molar-refractivity contribution is 6.33. The first-order valence-electron chi connectivity index (χ1n) is 8.12. The molecule has 3 rings (SSSR count). The van der Waals surface area contributed by atoms with Gasteiger partial charge in [0, 0.05) is 23.2 Å². The first kappa shape index (κ1) is 19.2. The number of ether oxygens (including phenoxy) is 1. The summed E-state index contributed by atoms with van der Waals surface area (Å²) in [7, 11) is 0. The Labute approximate surface area is 164 Å². The molecule has 2 aromatic carbocycles. The van der Waals surface area contributed by atoms with Crippen molar-refractivity contribution in [3.63, 3.8) is 0 Å². The maximum absolute atomic E-state index is 12.4. The standard InChI is InChI=1S/C19H14ClN3O5/c1-11-8-14(13-4-2-3-5-16(13)21-11)19(25)28-10-18(24)22-17-9-12(23(26)27)6-7-15(17)20/h2-9H,10H2,1H3,(H,22,24). The predicted molar refractivity (Wildman–Crippen MR) is 103 cm³/mol. The number of nitrogens with one attached hydrogen (secondary N) is 1. The SMILES string of the molecule is Cc1cc(C(=O)OCC(=O)Nc2cc([N+](=O)[O-])ccc2Cl)c2ccccc2n1. The molecule has 0 atom stereocenters. The number of pyridine rings is 1. The molecule has 0 spiro atoms. The number of esters is 1. The third-order valence-electron chi connectivity index (χ3n) is 3.83. The van der Waals surface area contributed by atoms with Crippen molar-refractivity contribution >= 4 is 45.8 Å². The van der Waals surface area contributed by atoms with Crippen molar-refractivity contribution in [3.8, 4) is 0 Å². The maximum Gasteiger partial charge on any atom is 0.339 e. The third kappa shape index (κ3) is 4.24. The topological polar surface area (TPSA) is 111 Å². The number of aryl methyl sites for hydroxylation is 1. The predicted octanol–water partition coefficient (Wildman–Crippen LogP) is 3.90. The second-order valence-corrected chi connectivity index (χ2v) is 6.28. The minimum Gasteiger partial charge on any atom is -0.452 e. The van der Waals surface area contributed by atoms with E-state index in [1.165, 1.54) is 12.1 Å². The average Bonchev–Trinajstić information content (AvgIpc) is 2.67. The quantitative estimate of drug-likeness (QED) is 0.395. The van der Waals surface area contributed by atoms with E-state index >= 15 is 0 Å². The number of nitrogens with zero attached hydrogens (tertiary/aromatic N) is 2. The van der Waals surface area contributed by atoms with Crippen LogP contribution in [0.15, 0.2) is 48.5 Å². The van der Waals surface area contributed by atoms with E-state index in [1.54, 1.807) is 37.3 Å². The molecule has 1 amide bonds. The molecule has 3 aromatic rings. The number of benzene rings is 2. The highest BCUT2D eigenvalue weighted by Gasteiger charge is 2.16. The summed E-state index contributed by atoms with van der Waals surface area (Å²) in [5.74, 6) is -1.35. The minimum atomic E-state index is -0.679.